The minimum atomic E-state index is -0.0283. The smallest absolute Gasteiger partial charge is 0.317 e. The molecule has 0 radical (unpaired) electrons. The van der Waals surface area contributed by atoms with Crippen molar-refractivity contribution in [1.82, 2.24) is 20.2 Å². The Morgan fingerprint density at radius 1 is 1.07 bits per heavy atom. The summed E-state index contributed by atoms with van der Waals surface area (Å²) in [5.74, 6) is 1.72. The molecule has 1 aromatic heterocycles. The van der Waals surface area contributed by atoms with Crippen LogP contribution in [0.3, 0.4) is 0 Å². The van der Waals surface area contributed by atoms with Crippen LogP contribution in [0.2, 0.25) is 0 Å². The van der Waals surface area contributed by atoms with Crippen LogP contribution in [-0.4, -0.2) is 74.4 Å². The number of anilines is 2. The minimum absolute atomic E-state index is 0.0283. The fourth-order valence-corrected chi connectivity index (χ4v) is 3.93. The summed E-state index contributed by atoms with van der Waals surface area (Å²) < 4.78 is 5.47. The zero-order valence-corrected chi connectivity index (χ0v) is 17.8. The Morgan fingerprint density at radius 2 is 1.80 bits per heavy atom. The van der Waals surface area contributed by atoms with Crippen LogP contribution in [0.4, 0.5) is 16.6 Å². The van der Waals surface area contributed by atoms with Gasteiger partial charge in [-0.2, -0.15) is 4.98 Å². The second-order valence-corrected chi connectivity index (χ2v) is 7.90. The highest BCUT2D eigenvalue weighted by Gasteiger charge is 2.25. The standard InChI is InChI=1S/C22H30N6O2/c1-26(2)20-18-8-10-28(22(29)23-16-17-6-4-3-5-7-17)11-9-19(18)24-21(25-20)27-12-14-30-15-13-27/h3-7H,8-16H2,1-2H3,(H,23,29). The summed E-state index contributed by atoms with van der Waals surface area (Å²) in [4.78, 5) is 28.6. The molecule has 2 amide bonds. The lowest BCUT2D eigenvalue weighted by Gasteiger charge is -2.28. The number of hydrogen-bond donors (Lipinski definition) is 1. The molecular formula is C22H30N6O2. The highest BCUT2D eigenvalue weighted by molar-refractivity contribution is 5.74. The third-order valence-corrected chi connectivity index (χ3v) is 5.60. The van der Waals surface area contributed by atoms with E-state index in [2.05, 4.69) is 15.1 Å². The maximum atomic E-state index is 12.8. The molecular weight excluding hydrogens is 380 g/mol. The van der Waals surface area contributed by atoms with Crippen LogP contribution in [0.25, 0.3) is 0 Å². The number of ether oxygens (including phenoxy) is 1. The van der Waals surface area contributed by atoms with Crippen molar-refractivity contribution in [3.05, 3.63) is 47.2 Å². The molecule has 160 valence electrons. The molecule has 0 unspecified atom stereocenters. The zero-order chi connectivity index (χ0) is 20.9. The first kappa shape index (κ1) is 20.4. The fraction of sp³-hybridized carbons (Fsp3) is 0.500. The van der Waals surface area contributed by atoms with Gasteiger partial charge in [0.15, 0.2) is 0 Å². The van der Waals surface area contributed by atoms with Gasteiger partial charge in [-0.1, -0.05) is 30.3 Å². The monoisotopic (exact) mass is 410 g/mol. The molecule has 30 heavy (non-hydrogen) atoms. The number of urea groups is 1. The van der Waals surface area contributed by atoms with Crippen molar-refractivity contribution in [1.29, 1.82) is 0 Å². The summed E-state index contributed by atoms with van der Waals surface area (Å²) in [6.07, 6.45) is 1.49. The van der Waals surface area contributed by atoms with E-state index in [1.807, 2.05) is 49.3 Å². The SMILES string of the molecule is CN(C)c1nc(N2CCOCC2)nc2c1CCN(C(=O)NCc1ccccc1)CC2. The number of rotatable bonds is 4. The molecule has 0 bridgehead atoms. The van der Waals surface area contributed by atoms with Crippen LogP contribution < -0.4 is 15.1 Å². The van der Waals surface area contributed by atoms with Gasteiger partial charge in [-0.3, -0.25) is 0 Å². The van der Waals surface area contributed by atoms with Crippen molar-refractivity contribution in [2.24, 2.45) is 0 Å². The van der Waals surface area contributed by atoms with E-state index in [1.165, 1.54) is 0 Å². The molecule has 0 aliphatic carbocycles. The second-order valence-electron chi connectivity index (χ2n) is 7.90. The van der Waals surface area contributed by atoms with Gasteiger partial charge in [0.2, 0.25) is 5.95 Å². The summed E-state index contributed by atoms with van der Waals surface area (Å²) >= 11 is 0. The van der Waals surface area contributed by atoms with Gasteiger partial charge in [0, 0.05) is 58.8 Å². The third kappa shape index (κ3) is 4.64. The predicted molar refractivity (Wildman–Crippen MR) is 117 cm³/mol. The van der Waals surface area contributed by atoms with Gasteiger partial charge in [0.05, 0.1) is 18.9 Å². The Labute approximate surface area is 177 Å². The zero-order valence-electron chi connectivity index (χ0n) is 17.8. The molecule has 1 fully saturated rings. The van der Waals surface area contributed by atoms with E-state index in [0.29, 0.717) is 32.8 Å². The fourth-order valence-electron chi connectivity index (χ4n) is 3.93. The molecule has 1 aromatic carbocycles. The van der Waals surface area contributed by atoms with Crippen molar-refractivity contribution in [3.63, 3.8) is 0 Å². The van der Waals surface area contributed by atoms with Gasteiger partial charge < -0.3 is 24.8 Å². The first-order valence-electron chi connectivity index (χ1n) is 10.6. The Balaban J connectivity index is 1.47. The molecule has 2 aromatic rings. The Hall–Kier alpha value is -2.87. The highest BCUT2D eigenvalue weighted by atomic mass is 16.5. The molecule has 0 spiro atoms. The van der Waals surface area contributed by atoms with E-state index in [9.17, 15) is 4.79 Å². The maximum absolute atomic E-state index is 12.8. The summed E-state index contributed by atoms with van der Waals surface area (Å²) in [6, 6.07) is 9.95. The lowest BCUT2D eigenvalue weighted by atomic mass is 10.1. The van der Waals surface area contributed by atoms with Crippen molar-refractivity contribution in [2.75, 3.05) is 63.3 Å². The summed E-state index contributed by atoms with van der Waals surface area (Å²) in [5.41, 5.74) is 3.30. The number of carbonyl (C=O) groups excluding carboxylic acids is 1. The number of hydrogen-bond acceptors (Lipinski definition) is 6. The van der Waals surface area contributed by atoms with Gasteiger partial charge >= 0.3 is 6.03 Å². The summed E-state index contributed by atoms with van der Waals surface area (Å²) in [7, 11) is 4.03. The number of nitrogens with one attached hydrogen (secondary N) is 1. The quantitative estimate of drug-likeness (QED) is 0.827. The Morgan fingerprint density at radius 3 is 2.53 bits per heavy atom. The second kappa shape index (κ2) is 9.30. The van der Waals surface area contributed by atoms with Crippen molar-refractivity contribution >= 4 is 17.8 Å². The first-order valence-corrected chi connectivity index (χ1v) is 10.6. The number of carbonyl (C=O) groups is 1. The van der Waals surface area contributed by atoms with Crippen molar-refractivity contribution in [3.8, 4) is 0 Å². The van der Waals surface area contributed by atoms with Crippen LogP contribution in [0.15, 0.2) is 30.3 Å². The first-order chi connectivity index (χ1) is 14.6. The number of fused-ring (bicyclic) bond motifs is 1. The Bertz CT molecular complexity index is 867. The van der Waals surface area contributed by atoms with Crippen molar-refractivity contribution in [2.45, 2.75) is 19.4 Å². The van der Waals surface area contributed by atoms with Gasteiger partial charge in [-0.25, -0.2) is 9.78 Å². The van der Waals surface area contributed by atoms with Crippen molar-refractivity contribution < 1.29 is 9.53 Å². The average molecular weight is 411 g/mol. The molecule has 3 heterocycles. The average Bonchev–Trinajstić information content (AvgIpc) is 3.01. The predicted octanol–water partition coefficient (Wildman–Crippen LogP) is 1.69. The van der Waals surface area contributed by atoms with Gasteiger partial charge in [-0.15, -0.1) is 0 Å². The van der Waals surface area contributed by atoms with Crippen LogP contribution in [0.5, 0.6) is 0 Å². The largest absolute Gasteiger partial charge is 0.378 e. The molecule has 8 nitrogen and oxygen atoms in total. The normalized spacial score (nSPS) is 16.6. The van der Waals surface area contributed by atoms with Gasteiger partial charge in [0.25, 0.3) is 0 Å². The molecule has 1 N–H and O–H groups in total. The Kier molecular flexibility index (Phi) is 6.32. The van der Waals surface area contributed by atoms with Crippen LogP contribution in [0, 0.1) is 0 Å². The van der Waals surface area contributed by atoms with E-state index in [-0.39, 0.29) is 6.03 Å². The van der Waals surface area contributed by atoms with Crippen LogP contribution >= 0.6 is 0 Å². The molecule has 2 aliphatic rings. The topological polar surface area (TPSA) is 73.8 Å². The molecule has 1 saturated heterocycles. The van der Waals surface area contributed by atoms with Crippen LogP contribution in [-0.2, 0) is 24.1 Å². The maximum Gasteiger partial charge on any atom is 0.317 e. The van der Waals surface area contributed by atoms with Gasteiger partial charge in [0.1, 0.15) is 5.82 Å². The van der Waals surface area contributed by atoms with E-state index in [1.54, 1.807) is 0 Å². The molecule has 4 rings (SSSR count). The number of aromatic nitrogens is 2. The number of morpholine rings is 1. The van der Waals surface area contributed by atoms with E-state index < -0.39 is 0 Å². The number of nitrogens with zero attached hydrogens (tertiary/aromatic N) is 5. The van der Waals surface area contributed by atoms with E-state index in [4.69, 9.17) is 14.7 Å². The number of benzene rings is 1. The number of amides is 2. The van der Waals surface area contributed by atoms with E-state index >= 15 is 0 Å². The minimum Gasteiger partial charge on any atom is -0.378 e. The molecule has 2 aliphatic heterocycles. The lowest BCUT2D eigenvalue weighted by molar-refractivity contribution is 0.122. The molecule has 0 atom stereocenters. The molecule has 0 saturated carbocycles. The lowest BCUT2D eigenvalue weighted by Crippen LogP contribution is -2.41. The molecule has 8 heteroatoms. The highest BCUT2D eigenvalue weighted by Crippen LogP contribution is 2.26. The summed E-state index contributed by atoms with van der Waals surface area (Å²) in [5, 5.41) is 3.04. The van der Waals surface area contributed by atoms with E-state index in [0.717, 1.165) is 54.5 Å². The summed E-state index contributed by atoms with van der Waals surface area (Å²) in [6.45, 7) is 4.86. The van der Waals surface area contributed by atoms with Gasteiger partial charge in [-0.05, 0) is 12.0 Å². The third-order valence-electron chi connectivity index (χ3n) is 5.60. The van der Waals surface area contributed by atoms with Crippen LogP contribution in [0.1, 0.15) is 16.8 Å².